The minimum atomic E-state index is -0.847. The molecule has 0 radical (unpaired) electrons. The summed E-state index contributed by atoms with van der Waals surface area (Å²) in [5.74, 6) is -1.23. The molecule has 0 atom stereocenters. The maximum absolute atomic E-state index is 9.92. The van der Waals surface area contributed by atoms with Crippen molar-refractivity contribution < 1.29 is 9.85 Å². The molecule has 0 aliphatic carbocycles. The first-order chi connectivity index (χ1) is 5.11. The Morgan fingerprint density at radius 1 is 1.36 bits per heavy atom. The van der Waals surface area contributed by atoms with Gasteiger partial charge in [0.2, 0.25) is 5.82 Å². The fourth-order valence-corrected chi connectivity index (χ4v) is 0.454. The molecule has 0 saturated heterocycles. The second-order valence-corrected chi connectivity index (χ2v) is 1.57. The zero-order chi connectivity index (χ0) is 8.43. The Morgan fingerprint density at radius 3 is 2.27 bits per heavy atom. The van der Waals surface area contributed by atoms with E-state index in [-0.39, 0.29) is 0 Å². The largest absolute Gasteiger partial charge is 0.459 e. The van der Waals surface area contributed by atoms with Gasteiger partial charge in [0.25, 0.3) is 0 Å². The van der Waals surface area contributed by atoms with Gasteiger partial charge in [-0.3, -0.25) is 0 Å². The van der Waals surface area contributed by atoms with E-state index in [0.717, 1.165) is 0 Å². The fraction of sp³-hybridized carbons (Fsp3) is 0. The molecular weight excluding hydrogens is 156 g/mol. The van der Waals surface area contributed by atoms with Gasteiger partial charge in [0, 0.05) is 0 Å². The standard InChI is InChI=1S/C3HN4O4/c8-6(9)2-1-3(5-4-2)7(10)11/h1H/q-1. The van der Waals surface area contributed by atoms with Crippen LogP contribution in [0, 0.1) is 20.2 Å². The van der Waals surface area contributed by atoms with Crippen LogP contribution >= 0.6 is 0 Å². The summed E-state index contributed by atoms with van der Waals surface area (Å²) in [6, 6.07) is 0.694. The Kier molecular flexibility index (Phi) is 1.51. The molecule has 1 rings (SSSR count). The Bertz CT molecular complexity index is 276. The van der Waals surface area contributed by atoms with E-state index >= 15 is 0 Å². The van der Waals surface area contributed by atoms with Crippen LogP contribution in [0.15, 0.2) is 6.07 Å². The lowest BCUT2D eigenvalue weighted by molar-refractivity contribution is -0.394. The van der Waals surface area contributed by atoms with Crippen LogP contribution in [0.3, 0.4) is 0 Å². The Hall–Kier alpha value is -1.99. The van der Waals surface area contributed by atoms with E-state index in [4.69, 9.17) is 0 Å². The summed E-state index contributed by atoms with van der Waals surface area (Å²) in [5.41, 5.74) is 0. The smallest absolute Gasteiger partial charge is 0.394 e. The van der Waals surface area contributed by atoms with Crippen LogP contribution in [0.25, 0.3) is 0 Å². The third-order valence-electron chi connectivity index (χ3n) is 0.887. The molecule has 0 aromatic carbocycles. The summed E-state index contributed by atoms with van der Waals surface area (Å²) in [6.45, 7) is 0. The van der Waals surface area contributed by atoms with Crippen molar-refractivity contribution >= 4 is 11.6 Å². The monoisotopic (exact) mass is 157 g/mol. The van der Waals surface area contributed by atoms with Crippen molar-refractivity contribution in [3.8, 4) is 0 Å². The first kappa shape index (κ1) is 7.12. The highest BCUT2D eigenvalue weighted by Gasteiger charge is 2.13. The Balaban J connectivity index is 2.99. The highest BCUT2D eigenvalue weighted by Crippen LogP contribution is 2.12. The molecule has 0 aliphatic heterocycles. The zero-order valence-corrected chi connectivity index (χ0v) is 5.00. The SMILES string of the molecule is O=[N+]([O-])c1cc([N+](=O)[O-])[n-]n1. The average Bonchev–Trinajstić information content (AvgIpc) is 2.33. The minimum Gasteiger partial charge on any atom is -0.459 e. The second-order valence-electron chi connectivity index (χ2n) is 1.57. The van der Waals surface area contributed by atoms with Crippen LogP contribution in [0.4, 0.5) is 11.6 Å². The van der Waals surface area contributed by atoms with E-state index in [1.807, 2.05) is 0 Å². The van der Waals surface area contributed by atoms with Crippen molar-refractivity contribution in [1.82, 2.24) is 10.2 Å². The molecule has 0 bridgehead atoms. The molecule has 8 nitrogen and oxygen atoms in total. The van der Waals surface area contributed by atoms with Crippen LogP contribution in [0.1, 0.15) is 0 Å². The molecule has 0 fully saturated rings. The first-order valence-corrected chi connectivity index (χ1v) is 2.40. The summed E-state index contributed by atoms with van der Waals surface area (Å²) >= 11 is 0. The molecular formula is C3HN4O4-. The van der Waals surface area contributed by atoms with Crippen LogP contribution in [-0.2, 0) is 0 Å². The maximum Gasteiger partial charge on any atom is 0.394 e. The number of nitro groups is 2. The number of rotatable bonds is 2. The minimum absolute atomic E-state index is 0.614. The molecule has 11 heavy (non-hydrogen) atoms. The lowest BCUT2D eigenvalue weighted by atomic mass is 10.6. The first-order valence-electron chi connectivity index (χ1n) is 2.40. The van der Waals surface area contributed by atoms with Gasteiger partial charge in [-0.25, -0.2) is 0 Å². The summed E-state index contributed by atoms with van der Waals surface area (Å²) in [7, 11) is 0. The molecule has 1 aromatic rings. The maximum atomic E-state index is 9.92. The highest BCUT2D eigenvalue weighted by atomic mass is 16.6. The van der Waals surface area contributed by atoms with Crippen molar-refractivity contribution in [2.75, 3.05) is 0 Å². The van der Waals surface area contributed by atoms with E-state index in [2.05, 4.69) is 10.2 Å². The lowest BCUT2D eigenvalue weighted by Crippen LogP contribution is -1.88. The van der Waals surface area contributed by atoms with Crippen molar-refractivity contribution in [1.29, 1.82) is 0 Å². The third-order valence-corrected chi connectivity index (χ3v) is 0.887. The predicted octanol–water partition coefficient (Wildman–Crippen LogP) is -0.145. The topological polar surface area (TPSA) is 113 Å². The lowest BCUT2D eigenvalue weighted by Gasteiger charge is -1.94. The zero-order valence-electron chi connectivity index (χ0n) is 5.00. The van der Waals surface area contributed by atoms with Crippen molar-refractivity contribution in [3.63, 3.8) is 0 Å². The van der Waals surface area contributed by atoms with Gasteiger partial charge in [0.05, 0.1) is 11.2 Å². The van der Waals surface area contributed by atoms with E-state index in [0.29, 0.717) is 6.07 Å². The predicted molar refractivity (Wildman–Crippen MR) is 30.9 cm³/mol. The molecule has 0 spiro atoms. The molecule has 0 aliphatic rings. The van der Waals surface area contributed by atoms with Gasteiger partial charge in [0.15, 0.2) is 0 Å². The molecule has 58 valence electrons. The van der Waals surface area contributed by atoms with Gasteiger partial charge < -0.3 is 20.2 Å². The van der Waals surface area contributed by atoms with Crippen LogP contribution < -0.4 is 5.10 Å². The number of aromatic nitrogens is 2. The number of nitrogens with zero attached hydrogens (tertiary/aromatic N) is 4. The quantitative estimate of drug-likeness (QED) is 0.435. The van der Waals surface area contributed by atoms with Gasteiger partial charge in [-0.2, -0.15) is 4.92 Å². The fourth-order valence-electron chi connectivity index (χ4n) is 0.454. The molecule has 1 aromatic heterocycles. The van der Waals surface area contributed by atoms with E-state index < -0.39 is 21.5 Å². The summed E-state index contributed by atoms with van der Waals surface area (Å²) < 4.78 is 0. The molecule has 0 unspecified atom stereocenters. The Labute approximate surface area is 59.1 Å². The van der Waals surface area contributed by atoms with Gasteiger partial charge in [0.1, 0.15) is 0 Å². The van der Waals surface area contributed by atoms with E-state index in [9.17, 15) is 20.2 Å². The molecule has 0 N–H and O–H groups in total. The van der Waals surface area contributed by atoms with Crippen LogP contribution in [0.2, 0.25) is 0 Å². The molecule has 8 heteroatoms. The number of hydrogen-bond acceptors (Lipinski definition) is 5. The summed E-state index contributed by atoms with van der Waals surface area (Å²) in [4.78, 5) is 18.1. The third kappa shape index (κ3) is 1.28. The van der Waals surface area contributed by atoms with Crippen molar-refractivity contribution in [3.05, 3.63) is 26.3 Å². The van der Waals surface area contributed by atoms with E-state index in [1.54, 1.807) is 0 Å². The van der Waals surface area contributed by atoms with Gasteiger partial charge in [-0.15, -0.1) is 0 Å². The molecule has 1 heterocycles. The number of hydrogen-bond donors (Lipinski definition) is 0. The average molecular weight is 157 g/mol. The van der Waals surface area contributed by atoms with Crippen molar-refractivity contribution in [2.24, 2.45) is 0 Å². The van der Waals surface area contributed by atoms with E-state index in [1.165, 1.54) is 0 Å². The molecule has 0 saturated carbocycles. The summed E-state index contributed by atoms with van der Waals surface area (Å²) in [5, 5.41) is 25.7. The Morgan fingerprint density at radius 2 is 2.00 bits per heavy atom. The normalized spacial score (nSPS) is 9.45. The second kappa shape index (κ2) is 2.33. The summed E-state index contributed by atoms with van der Waals surface area (Å²) in [6.07, 6.45) is 0. The molecule has 0 amide bonds. The van der Waals surface area contributed by atoms with Gasteiger partial charge >= 0.3 is 5.82 Å². The van der Waals surface area contributed by atoms with Crippen molar-refractivity contribution in [2.45, 2.75) is 0 Å². The van der Waals surface area contributed by atoms with Crippen LogP contribution in [-0.4, -0.2) is 14.9 Å². The highest BCUT2D eigenvalue weighted by molar-refractivity contribution is 5.29. The van der Waals surface area contributed by atoms with Crippen LogP contribution in [0.5, 0.6) is 0 Å². The van der Waals surface area contributed by atoms with Gasteiger partial charge in [-0.1, -0.05) is 0 Å². The van der Waals surface area contributed by atoms with Gasteiger partial charge in [-0.05, 0) is 10.0 Å².